The largest absolute Gasteiger partial charge is 0.455 e. The van der Waals surface area contributed by atoms with Gasteiger partial charge in [0.2, 0.25) is 5.91 Å². The highest BCUT2D eigenvalue weighted by atomic mass is 16.5. The third kappa shape index (κ3) is 4.30. The minimum atomic E-state index is -0.722. The number of rotatable bonds is 6. The van der Waals surface area contributed by atoms with Gasteiger partial charge in [0.05, 0.1) is 12.3 Å². The highest BCUT2D eigenvalue weighted by molar-refractivity contribution is 5.96. The normalized spacial score (nSPS) is 11.7. The topological polar surface area (TPSA) is 73.6 Å². The van der Waals surface area contributed by atoms with Crippen LogP contribution < -0.4 is 15.8 Å². The van der Waals surface area contributed by atoms with E-state index in [9.17, 15) is 4.79 Å². The Kier molecular flexibility index (Phi) is 5.31. The van der Waals surface area contributed by atoms with Crippen molar-refractivity contribution in [1.82, 2.24) is 0 Å². The molecule has 0 aliphatic carbocycles. The van der Waals surface area contributed by atoms with Gasteiger partial charge in [0.25, 0.3) is 0 Å². The maximum Gasteiger partial charge on any atom is 0.243 e. The van der Waals surface area contributed by atoms with E-state index in [1.54, 1.807) is 12.1 Å². The smallest absolute Gasteiger partial charge is 0.243 e. The van der Waals surface area contributed by atoms with Gasteiger partial charge in [-0.25, -0.2) is 0 Å². The number of nitrogens with two attached hydrogens (primary N) is 1. The van der Waals surface area contributed by atoms with Crippen LogP contribution in [0.1, 0.15) is 0 Å². The first-order valence-corrected chi connectivity index (χ1v) is 6.58. The first kappa shape index (κ1) is 15.0. The fourth-order valence-corrected chi connectivity index (χ4v) is 1.76. The summed E-state index contributed by atoms with van der Waals surface area (Å²) in [5.74, 6) is 0.933. The summed E-state index contributed by atoms with van der Waals surface area (Å²) >= 11 is 0. The minimum absolute atomic E-state index is 0.160. The number of hydrogen-bond acceptors (Lipinski definition) is 4. The van der Waals surface area contributed by atoms with Crippen LogP contribution in [0.15, 0.2) is 54.6 Å². The van der Waals surface area contributed by atoms with Crippen molar-refractivity contribution in [2.45, 2.75) is 6.04 Å². The maximum absolute atomic E-state index is 11.9. The van der Waals surface area contributed by atoms with E-state index >= 15 is 0 Å². The summed E-state index contributed by atoms with van der Waals surface area (Å²) in [6.45, 7) is 0.160. The molecule has 5 heteroatoms. The molecule has 0 aromatic heterocycles. The van der Waals surface area contributed by atoms with Crippen LogP contribution >= 0.6 is 0 Å². The van der Waals surface area contributed by atoms with Crippen LogP contribution in [0.2, 0.25) is 0 Å². The molecule has 1 atom stereocenters. The van der Waals surface area contributed by atoms with Crippen molar-refractivity contribution < 1.29 is 14.3 Å². The van der Waals surface area contributed by atoms with Crippen molar-refractivity contribution >= 4 is 11.6 Å². The number of benzene rings is 2. The third-order valence-corrected chi connectivity index (χ3v) is 2.80. The summed E-state index contributed by atoms with van der Waals surface area (Å²) in [5.41, 5.74) is 6.27. The van der Waals surface area contributed by atoms with E-state index in [0.29, 0.717) is 17.2 Å². The quantitative estimate of drug-likeness (QED) is 0.855. The van der Waals surface area contributed by atoms with Gasteiger partial charge in [-0.2, -0.15) is 0 Å². The number of carbonyl (C=O) groups excluding carboxylic acids is 1. The Bertz CT molecular complexity index is 587. The van der Waals surface area contributed by atoms with E-state index in [-0.39, 0.29) is 12.5 Å². The number of methoxy groups -OCH3 is 1. The van der Waals surface area contributed by atoms with Crippen LogP contribution in [0.25, 0.3) is 0 Å². The van der Waals surface area contributed by atoms with Crippen LogP contribution in [-0.4, -0.2) is 25.7 Å². The molecule has 0 unspecified atom stereocenters. The van der Waals surface area contributed by atoms with Crippen molar-refractivity contribution in [1.29, 1.82) is 0 Å². The summed E-state index contributed by atoms with van der Waals surface area (Å²) in [6, 6.07) is 15.8. The molecule has 2 aromatic carbocycles. The average molecular weight is 286 g/mol. The van der Waals surface area contributed by atoms with Crippen LogP contribution in [-0.2, 0) is 9.53 Å². The molecular formula is C16H18N2O3. The lowest BCUT2D eigenvalue weighted by Crippen LogP contribution is -2.39. The molecule has 21 heavy (non-hydrogen) atoms. The number of ether oxygens (including phenoxy) is 2. The Labute approximate surface area is 123 Å². The Morgan fingerprint density at radius 3 is 2.52 bits per heavy atom. The molecule has 3 N–H and O–H groups in total. The fourth-order valence-electron chi connectivity index (χ4n) is 1.76. The predicted molar refractivity (Wildman–Crippen MR) is 81.4 cm³/mol. The van der Waals surface area contributed by atoms with Crippen molar-refractivity contribution in [3.05, 3.63) is 54.6 Å². The second-order valence-electron chi connectivity index (χ2n) is 4.46. The number of hydrogen-bond donors (Lipinski definition) is 2. The first-order valence-electron chi connectivity index (χ1n) is 6.58. The summed E-state index contributed by atoms with van der Waals surface area (Å²) in [6.07, 6.45) is 0. The second kappa shape index (κ2) is 7.42. The molecular weight excluding hydrogens is 268 g/mol. The van der Waals surface area contributed by atoms with Gasteiger partial charge < -0.3 is 20.5 Å². The average Bonchev–Trinajstić information content (AvgIpc) is 2.50. The molecule has 0 fully saturated rings. The minimum Gasteiger partial charge on any atom is -0.455 e. The molecule has 0 saturated heterocycles. The number of nitrogens with one attached hydrogen (secondary N) is 1. The van der Waals surface area contributed by atoms with Gasteiger partial charge in [-0.05, 0) is 24.3 Å². The Hall–Kier alpha value is -2.37. The third-order valence-electron chi connectivity index (χ3n) is 2.80. The number of anilines is 1. The van der Waals surface area contributed by atoms with Gasteiger partial charge in [-0.15, -0.1) is 0 Å². The molecule has 0 radical (unpaired) electrons. The summed E-state index contributed by atoms with van der Waals surface area (Å²) in [5, 5.41) is 2.75. The molecule has 0 heterocycles. The SMILES string of the molecule is COC[C@@H](N)C(=O)Nc1ccccc1Oc1ccccc1. The zero-order valence-corrected chi connectivity index (χ0v) is 11.8. The molecule has 0 spiro atoms. The molecule has 2 aromatic rings. The zero-order chi connectivity index (χ0) is 15.1. The lowest BCUT2D eigenvalue weighted by atomic mass is 10.2. The number of amides is 1. The Morgan fingerprint density at radius 1 is 1.14 bits per heavy atom. The van der Waals surface area contributed by atoms with Gasteiger partial charge in [-0.3, -0.25) is 4.79 Å². The summed E-state index contributed by atoms with van der Waals surface area (Å²) in [4.78, 5) is 11.9. The molecule has 0 aliphatic heterocycles. The maximum atomic E-state index is 11.9. The molecule has 5 nitrogen and oxygen atoms in total. The van der Waals surface area contributed by atoms with Crippen molar-refractivity contribution in [2.75, 3.05) is 19.0 Å². The monoisotopic (exact) mass is 286 g/mol. The fraction of sp³-hybridized carbons (Fsp3) is 0.188. The van der Waals surface area contributed by atoms with Crippen LogP contribution in [0.4, 0.5) is 5.69 Å². The lowest BCUT2D eigenvalue weighted by Gasteiger charge is -2.14. The number of para-hydroxylation sites is 3. The molecule has 0 bridgehead atoms. The van der Waals surface area contributed by atoms with Crippen molar-refractivity contribution in [3.63, 3.8) is 0 Å². The van der Waals surface area contributed by atoms with E-state index < -0.39 is 6.04 Å². The highest BCUT2D eigenvalue weighted by Crippen LogP contribution is 2.29. The first-order chi connectivity index (χ1) is 10.2. The van der Waals surface area contributed by atoms with Crippen LogP contribution in [0.5, 0.6) is 11.5 Å². The van der Waals surface area contributed by atoms with Crippen LogP contribution in [0.3, 0.4) is 0 Å². The second-order valence-corrected chi connectivity index (χ2v) is 4.46. The van der Waals surface area contributed by atoms with E-state index in [2.05, 4.69) is 5.32 Å². The van der Waals surface area contributed by atoms with Gasteiger partial charge in [-0.1, -0.05) is 30.3 Å². The number of carbonyl (C=O) groups is 1. The van der Waals surface area contributed by atoms with E-state index in [1.165, 1.54) is 7.11 Å². The highest BCUT2D eigenvalue weighted by Gasteiger charge is 2.15. The van der Waals surface area contributed by atoms with E-state index in [1.807, 2.05) is 42.5 Å². The van der Waals surface area contributed by atoms with Gasteiger partial charge in [0, 0.05) is 7.11 Å². The Morgan fingerprint density at radius 2 is 1.81 bits per heavy atom. The summed E-state index contributed by atoms with van der Waals surface area (Å²) < 4.78 is 10.6. The van der Waals surface area contributed by atoms with E-state index in [0.717, 1.165) is 0 Å². The molecule has 110 valence electrons. The Balaban J connectivity index is 2.12. The van der Waals surface area contributed by atoms with Gasteiger partial charge in [0.15, 0.2) is 5.75 Å². The summed E-state index contributed by atoms with van der Waals surface area (Å²) in [7, 11) is 1.50. The van der Waals surface area contributed by atoms with Crippen LogP contribution in [0, 0.1) is 0 Å². The van der Waals surface area contributed by atoms with Crippen molar-refractivity contribution in [3.8, 4) is 11.5 Å². The molecule has 1 amide bonds. The standard InChI is InChI=1S/C16H18N2O3/c1-20-11-13(17)16(19)18-14-9-5-6-10-15(14)21-12-7-3-2-4-8-12/h2-10,13H,11,17H2,1H3,(H,18,19)/t13-/m1/s1. The predicted octanol–water partition coefficient (Wildman–Crippen LogP) is 2.39. The van der Waals surface area contributed by atoms with Gasteiger partial charge >= 0.3 is 0 Å². The zero-order valence-electron chi connectivity index (χ0n) is 11.8. The molecule has 0 aliphatic rings. The van der Waals surface area contributed by atoms with E-state index in [4.69, 9.17) is 15.2 Å². The molecule has 0 saturated carbocycles. The lowest BCUT2D eigenvalue weighted by molar-refractivity contribution is -0.118. The van der Waals surface area contributed by atoms with Gasteiger partial charge in [0.1, 0.15) is 11.8 Å². The van der Waals surface area contributed by atoms with Crippen molar-refractivity contribution in [2.24, 2.45) is 5.73 Å². The molecule has 2 rings (SSSR count).